The molecule has 1 heterocycles. The normalized spacial score (nSPS) is 10.3. The van der Waals surface area contributed by atoms with Crippen molar-refractivity contribution in [3.05, 3.63) is 39.0 Å². The number of rotatable bonds is 1. The van der Waals surface area contributed by atoms with E-state index >= 15 is 0 Å². The molecule has 86 valence electrons. The van der Waals surface area contributed by atoms with Gasteiger partial charge in [0.25, 0.3) is 0 Å². The molecule has 0 bridgehead atoms. The van der Waals surface area contributed by atoms with E-state index in [0.29, 0.717) is 10.6 Å². The van der Waals surface area contributed by atoms with Crippen LogP contribution in [-0.2, 0) is 7.05 Å². The van der Waals surface area contributed by atoms with Gasteiger partial charge in [-0.25, -0.2) is 0 Å². The number of aryl methyl sites for hydroxylation is 2. The van der Waals surface area contributed by atoms with Crippen molar-refractivity contribution in [3.8, 4) is 17.3 Å². The molecule has 2 aromatic rings. The quantitative estimate of drug-likeness (QED) is 0.806. The summed E-state index contributed by atoms with van der Waals surface area (Å²) in [5.41, 5.74) is 3.12. The average Bonchev–Trinajstić information content (AvgIpc) is 2.62. The third kappa shape index (κ3) is 2.08. The molecular formula is C12H9BrClN3. The third-order valence-corrected chi connectivity index (χ3v) is 3.56. The smallest absolute Gasteiger partial charge is 0.0998 e. The van der Waals surface area contributed by atoms with E-state index in [0.717, 1.165) is 21.3 Å². The first-order valence-electron chi connectivity index (χ1n) is 4.92. The van der Waals surface area contributed by atoms with Crippen LogP contribution in [0.3, 0.4) is 0 Å². The minimum atomic E-state index is 0.594. The van der Waals surface area contributed by atoms with Gasteiger partial charge < -0.3 is 0 Å². The minimum absolute atomic E-state index is 0.594. The number of hydrogen-bond donors (Lipinski definition) is 0. The molecule has 0 saturated heterocycles. The average molecular weight is 311 g/mol. The van der Waals surface area contributed by atoms with E-state index in [9.17, 15) is 5.26 Å². The van der Waals surface area contributed by atoms with Crippen molar-refractivity contribution in [1.82, 2.24) is 9.78 Å². The first-order chi connectivity index (χ1) is 8.04. The number of hydrogen-bond acceptors (Lipinski definition) is 2. The Morgan fingerprint density at radius 3 is 2.71 bits per heavy atom. The van der Waals surface area contributed by atoms with Crippen molar-refractivity contribution < 1.29 is 0 Å². The van der Waals surface area contributed by atoms with Crippen molar-refractivity contribution in [2.24, 2.45) is 7.05 Å². The van der Waals surface area contributed by atoms with Gasteiger partial charge in [0.05, 0.1) is 28.0 Å². The summed E-state index contributed by atoms with van der Waals surface area (Å²) >= 11 is 9.53. The fourth-order valence-electron chi connectivity index (χ4n) is 1.68. The lowest BCUT2D eigenvalue weighted by Gasteiger charge is -2.08. The number of nitrogens with zero attached hydrogens (tertiary/aromatic N) is 3. The van der Waals surface area contributed by atoms with Crippen molar-refractivity contribution in [1.29, 1.82) is 5.26 Å². The van der Waals surface area contributed by atoms with Crippen LogP contribution < -0.4 is 0 Å². The molecule has 17 heavy (non-hydrogen) atoms. The van der Waals surface area contributed by atoms with Gasteiger partial charge in [0.15, 0.2) is 0 Å². The summed E-state index contributed by atoms with van der Waals surface area (Å²) in [5, 5.41) is 14.0. The van der Waals surface area contributed by atoms with Crippen molar-refractivity contribution in [3.63, 3.8) is 0 Å². The summed E-state index contributed by atoms with van der Waals surface area (Å²) < 4.78 is 2.56. The van der Waals surface area contributed by atoms with E-state index in [-0.39, 0.29) is 0 Å². The molecule has 1 aromatic heterocycles. The summed E-state index contributed by atoms with van der Waals surface area (Å²) in [6.07, 6.45) is 1.70. The van der Waals surface area contributed by atoms with Gasteiger partial charge in [-0.15, -0.1) is 0 Å². The van der Waals surface area contributed by atoms with Crippen LogP contribution in [0.4, 0.5) is 0 Å². The van der Waals surface area contributed by atoms with Crippen LogP contribution in [0.2, 0.25) is 5.02 Å². The van der Waals surface area contributed by atoms with Gasteiger partial charge in [-0.05, 0) is 40.5 Å². The Balaban J connectivity index is 2.76. The Morgan fingerprint density at radius 1 is 1.47 bits per heavy atom. The van der Waals surface area contributed by atoms with Crippen LogP contribution in [0.1, 0.15) is 11.1 Å². The summed E-state index contributed by atoms with van der Waals surface area (Å²) in [6.45, 7) is 1.88. The number of benzene rings is 1. The minimum Gasteiger partial charge on any atom is -0.267 e. The first-order valence-corrected chi connectivity index (χ1v) is 6.09. The first kappa shape index (κ1) is 12.2. The second-order valence-electron chi connectivity index (χ2n) is 3.72. The predicted octanol–water partition coefficient (Wildman–Crippen LogP) is 3.68. The van der Waals surface area contributed by atoms with E-state index in [1.165, 1.54) is 0 Å². The third-order valence-electron chi connectivity index (χ3n) is 2.57. The van der Waals surface area contributed by atoms with Crippen LogP contribution in [0.5, 0.6) is 0 Å². The molecule has 0 unspecified atom stereocenters. The molecule has 0 N–H and O–H groups in total. The predicted molar refractivity (Wildman–Crippen MR) is 70.8 cm³/mol. The number of nitriles is 1. The zero-order valence-electron chi connectivity index (χ0n) is 9.33. The topological polar surface area (TPSA) is 41.6 Å². The van der Waals surface area contributed by atoms with Gasteiger partial charge >= 0.3 is 0 Å². The molecule has 1 aromatic carbocycles. The molecule has 0 radical (unpaired) electrons. The van der Waals surface area contributed by atoms with Crippen LogP contribution in [0.15, 0.2) is 22.8 Å². The number of halogens is 2. The van der Waals surface area contributed by atoms with Crippen molar-refractivity contribution in [2.45, 2.75) is 6.92 Å². The molecule has 2 rings (SSSR count). The van der Waals surface area contributed by atoms with Gasteiger partial charge in [0.1, 0.15) is 0 Å². The zero-order valence-corrected chi connectivity index (χ0v) is 11.7. The van der Waals surface area contributed by atoms with Gasteiger partial charge in [-0.2, -0.15) is 10.4 Å². The highest BCUT2D eigenvalue weighted by atomic mass is 79.9. The van der Waals surface area contributed by atoms with Crippen LogP contribution >= 0.6 is 27.5 Å². The van der Waals surface area contributed by atoms with Gasteiger partial charge in [-0.3, -0.25) is 4.68 Å². The van der Waals surface area contributed by atoms with Crippen LogP contribution in [0, 0.1) is 18.3 Å². The lowest BCUT2D eigenvalue weighted by molar-refractivity contribution is 0.775. The monoisotopic (exact) mass is 309 g/mol. The fraction of sp³-hybridized carbons (Fsp3) is 0.167. The molecule has 0 saturated carbocycles. The molecular weight excluding hydrogens is 302 g/mol. The molecule has 5 heteroatoms. The molecule has 0 spiro atoms. The molecule has 0 aliphatic rings. The SMILES string of the molecule is Cc1cc(C#N)c(-c2c(Br)cnn2C)cc1Cl. The van der Waals surface area contributed by atoms with Gasteiger partial charge in [-0.1, -0.05) is 11.6 Å². The summed E-state index contributed by atoms with van der Waals surface area (Å²) in [6, 6.07) is 5.78. The van der Waals surface area contributed by atoms with E-state index in [2.05, 4.69) is 27.1 Å². The summed E-state index contributed by atoms with van der Waals surface area (Å²) in [4.78, 5) is 0. The largest absolute Gasteiger partial charge is 0.267 e. The highest BCUT2D eigenvalue weighted by Crippen LogP contribution is 2.33. The Hall–Kier alpha value is -1.31. The molecule has 0 amide bonds. The van der Waals surface area contributed by atoms with Crippen LogP contribution in [-0.4, -0.2) is 9.78 Å². The van der Waals surface area contributed by atoms with Crippen LogP contribution in [0.25, 0.3) is 11.3 Å². The molecule has 3 nitrogen and oxygen atoms in total. The van der Waals surface area contributed by atoms with E-state index in [1.807, 2.05) is 14.0 Å². The second kappa shape index (κ2) is 4.52. The maximum Gasteiger partial charge on any atom is 0.0998 e. The maximum atomic E-state index is 9.18. The van der Waals surface area contributed by atoms with E-state index in [1.54, 1.807) is 23.0 Å². The highest BCUT2D eigenvalue weighted by Gasteiger charge is 2.14. The molecule has 0 atom stereocenters. The number of aromatic nitrogens is 2. The zero-order chi connectivity index (χ0) is 12.6. The Morgan fingerprint density at radius 2 is 2.18 bits per heavy atom. The lowest BCUT2D eigenvalue weighted by Crippen LogP contribution is -1.96. The van der Waals surface area contributed by atoms with E-state index < -0.39 is 0 Å². The molecule has 0 aliphatic heterocycles. The lowest BCUT2D eigenvalue weighted by atomic mass is 10.0. The Labute approximate surface area is 113 Å². The summed E-state index contributed by atoms with van der Waals surface area (Å²) in [5.74, 6) is 0. The van der Waals surface area contributed by atoms with Crippen molar-refractivity contribution in [2.75, 3.05) is 0 Å². The van der Waals surface area contributed by atoms with Gasteiger partial charge in [0.2, 0.25) is 0 Å². The highest BCUT2D eigenvalue weighted by molar-refractivity contribution is 9.10. The maximum absolute atomic E-state index is 9.18. The van der Waals surface area contributed by atoms with Crippen molar-refractivity contribution >= 4 is 27.5 Å². The standard InChI is InChI=1S/C12H9BrClN3/c1-7-3-8(5-15)9(4-11(7)14)12-10(13)6-16-17(12)2/h3-4,6H,1-2H3. The van der Waals surface area contributed by atoms with Gasteiger partial charge in [0, 0.05) is 17.6 Å². The fourth-order valence-corrected chi connectivity index (χ4v) is 2.41. The Kier molecular flexibility index (Phi) is 3.23. The second-order valence-corrected chi connectivity index (χ2v) is 4.99. The Bertz CT molecular complexity index is 606. The summed E-state index contributed by atoms with van der Waals surface area (Å²) in [7, 11) is 1.83. The van der Waals surface area contributed by atoms with E-state index in [4.69, 9.17) is 11.6 Å². The molecule has 0 fully saturated rings. The molecule has 0 aliphatic carbocycles.